The van der Waals surface area contributed by atoms with E-state index >= 15 is 0 Å². The topological polar surface area (TPSA) is 78.9 Å². The van der Waals surface area contributed by atoms with Crippen molar-refractivity contribution in [2.24, 2.45) is 11.8 Å². The first-order valence-corrected chi connectivity index (χ1v) is 27.2. The highest BCUT2D eigenvalue weighted by Crippen LogP contribution is 2.18. The monoisotopic (exact) mass is 863 g/mol. The molecule has 0 aliphatic heterocycles. The number of ether oxygens (including phenoxy) is 3. The minimum atomic E-state index is -0.761. The molecule has 0 aromatic heterocycles. The van der Waals surface area contributed by atoms with Crippen molar-refractivity contribution in [1.82, 2.24) is 0 Å². The van der Waals surface area contributed by atoms with E-state index in [2.05, 4.69) is 34.6 Å². The van der Waals surface area contributed by atoms with Crippen molar-refractivity contribution in [3.05, 3.63) is 0 Å². The predicted octanol–water partition coefficient (Wildman–Crippen LogP) is 17.7. The molecule has 0 aliphatic rings. The maximum atomic E-state index is 12.8. The van der Waals surface area contributed by atoms with Gasteiger partial charge < -0.3 is 14.2 Å². The molecule has 6 heteroatoms. The summed E-state index contributed by atoms with van der Waals surface area (Å²) in [5.74, 6) is 0.823. The van der Waals surface area contributed by atoms with E-state index in [1.54, 1.807) is 0 Å². The molecular weight excluding hydrogens is 757 g/mol. The van der Waals surface area contributed by atoms with Gasteiger partial charge in [0, 0.05) is 19.3 Å². The number of esters is 3. The molecule has 0 aromatic rings. The minimum absolute atomic E-state index is 0.0632. The van der Waals surface area contributed by atoms with Gasteiger partial charge in [-0.1, -0.05) is 266 Å². The maximum Gasteiger partial charge on any atom is 0.306 e. The molecule has 0 fully saturated rings. The summed E-state index contributed by atoms with van der Waals surface area (Å²) >= 11 is 0. The summed E-state index contributed by atoms with van der Waals surface area (Å²) in [4.78, 5) is 38.0. The third-order valence-electron chi connectivity index (χ3n) is 12.5. The Balaban J connectivity index is 4.27. The van der Waals surface area contributed by atoms with Crippen LogP contribution in [0, 0.1) is 11.8 Å². The van der Waals surface area contributed by atoms with Crippen LogP contribution in [-0.2, 0) is 28.6 Å². The molecule has 0 N–H and O–H groups in total. The van der Waals surface area contributed by atoms with Gasteiger partial charge in [0.15, 0.2) is 6.10 Å². The summed E-state index contributed by atoms with van der Waals surface area (Å²) in [5.41, 5.74) is 0. The van der Waals surface area contributed by atoms with Crippen LogP contribution >= 0.6 is 0 Å². The Morgan fingerprint density at radius 1 is 0.311 bits per heavy atom. The number of hydrogen-bond acceptors (Lipinski definition) is 6. The van der Waals surface area contributed by atoms with Crippen LogP contribution in [0.25, 0.3) is 0 Å². The maximum absolute atomic E-state index is 12.8. The fourth-order valence-electron chi connectivity index (χ4n) is 8.34. The van der Waals surface area contributed by atoms with E-state index in [1.807, 2.05) is 0 Å². The molecular formula is C55H106O6. The summed E-state index contributed by atoms with van der Waals surface area (Å²) in [6.07, 6.45) is 49.5. The fraction of sp³-hybridized carbons (Fsp3) is 0.945. The molecule has 0 heterocycles. The number of hydrogen-bond donors (Lipinski definition) is 0. The van der Waals surface area contributed by atoms with Crippen LogP contribution in [0.1, 0.15) is 304 Å². The molecule has 0 amide bonds. The Morgan fingerprint density at radius 3 is 0.803 bits per heavy atom. The van der Waals surface area contributed by atoms with E-state index in [0.717, 1.165) is 69.6 Å². The number of unbranched alkanes of at least 4 members (excludes halogenated alkanes) is 34. The zero-order chi connectivity index (χ0) is 44.7. The highest BCUT2D eigenvalue weighted by atomic mass is 16.6. The Morgan fingerprint density at radius 2 is 0.541 bits per heavy atom. The normalized spacial score (nSPS) is 12.0. The molecule has 0 saturated carbocycles. The Hall–Kier alpha value is -1.59. The average Bonchev–Trinajstić information content (AvgIpc) is 3.23. The van der Waals surface area contributed by atoms with Gasteiger partial charge in [-0.2, -0.15) is 0 Å². The first kappa shape index (κ1) is 59.4. The Bertz CT molecular complexity index is 931. The second-order valence-electron chi connectivity index (χ2n) is 19.8. The summed E-state index contributed by atoms with van der Waals surface area (Å²) in [7, 11) is 0. The smallest absolute Gasteiger partial charge is 0.306 e. The second-order valence-corrected chi connectivity index (χ2v) is 19.8. The quantitative estimate of drug-likeness (QED) is 0.0344. The molecule has 0 unspecified atom stereocenters. The van der Waals surface area contributed by atoms with Crippen LogP contribution in [0.15, 0.2) is 0 Å². The van der Waals surface area contributed by atoms with Crippen LogP contribution in [-0.4, -0.2) is 37.2 Å². The zero-order valence-corrected chi connectivity index (χ0v) is 41.8. The lowest BCUT2D eigenvalue weighted by molar-refractivity contribution is -0.167. The van der Waals surface area contributed by atoms with Gasteiger partial charge in [0.2, 0.25) is 0 Å². The van der Waals surface area contributed by atoms with Gasteiger partial charge in [-0.25, -0.2) is 0 Å². The van der Waals surface area contributed by atoms with E-state index in [1.165, 1.54) is 193 Å². The Labute approximate surface area is 380 Å². The third kappa shape index (κ3) is 49.3. The molecule has 0 saturated heterocycles. The molecule has 61 heavy (non-hydrogen) atoms. The molecule has 0 spiro atoms. The van der Waals surface area contributed by atoms with E-state index in [4.69, 9.17) is 14.2 Å². The van der Waals surface area contributed by atoms with Crippen molar-refractivity contribution < 1.29 is 28.6 Å². The molecule has 0 radical (unpaired) electrons. The number of rotatable bonds is 49. The van der Waals surface area contributed by atoms with Gasteiger partial charge >= 0.3 is 17.9 Å². The van der Waals surface area contributed by atoms with E-state index in [0.29, 0.717) is 19.3 Å². The van der Waals surface area contributed by atoms with Crippen LogP contribution in [0.4, 0.5) is 0 Å². The SMILES string of the molecule is CCCCCCCCCCCCCCC(=O)O[C@H](COC(=O)CCCCCCCCCCCCCCCCCC(C)C)COC(=O)CCCCCCCCCCCCC(C)C. The van der Waals surface area contributed by atoms with Gasteiger partial charge in [-0.15, -0.1) is 0 Å². The molecule has 6 nitrogen and oxygen atoms in total. The second kappa shape index (κ2) is 47.9. The fourth-order valence-corrected chi connectivity index (χ4v) is 8.34. The van der Waals surface area contributed by atoms with E-state index in [9.17, 15) is 14.4 Å². The van der Waals surface area contributed by atoms with Gasteiger partial charge in [-0.05, 0) is 31.1 Å². The van der Waals surface area contributed by atoms with Gasteiger partial charge in [0.25, 0.3) is 0 Å². The molecule has 1 atom stereocenters. The summed E-state index contributed by atoms with van der Waals surface area (Å²) < 4.78 is 16.8. The van der Waals surface area contributed by atoms with E-state index in [-0.39, 0.29) is 31.1 Å². The van der Waals surface area contributed by atoms with Gasteiger partial charge in [-0.3, -0.25) is 14.4 Å². The van der Waals surface area contributed by atoms with Crippen molar-refractivity contribution in [1.29, 1.82) is 0 Å². The molecule has 362 valence electrons. The Kier molecular flexibility index (Phi) is 46.6. The lowest BCUT2D eigenvalue weighted by Crippen LogP contribution is -2.30. The first-order chi connectivity index (χ1) is 29.7. The average molecular weight is 863 g/mol. The van der Waals surface area contributed by atoms with Crippen LogP contribution in [0.5, 0.6) is 0 Å². The standard InChI is InChI=1S/C55H106O6/c1-6-7-8-9-10-11-12-19-27-32-37-42-47-55(58)61-52(49-60-54(57)46-41-36-31-26-22-21-24-29-34-39-44-51(4)5)48-59-53(56)45-40-35-30-25-20-17-15-13-14-16-18-23-28-33-38-43-50(2)3/h50-52H,6-49H2,1-5H3/t52-/m1/s1. The van der Waals surface area contributed by atoms with Crippen molar-refractivity contribution in [2.75, 3.05) is 13.2 Å². The highest BCUT2D eigenvalue weighted by Gasteiger charge is 2.19. The highest BCUT2D eigenvalue weighted by molar-refractivity contribution is 5.71. The van der Waals surface area contributed by atoms with Crippen molar-refractivity contribution in [3.8, 4) is 0 Å². The lowest BCUT2D eigenvalue weighted by atomic mass is 10.0. The molecule has 0 aromatic carbocycles. The molecule has 0 rings (SSSR count). The number of carbonyl (C=O) groups excluding carboxylic acids is 3. The van der Waals surface area contributed by atoms with Crippen LogP contribution in [0.2, 0.25) is 0 Å². The van der Waals surface area contributed by atoms with Crippen molar-refractivity contribution in [3.63, 3.8) is 0 Å². The largest absolute Gasteiger partial charge is 0.462 e. The van der Waals surface area contributed by atoms with Crippen LogP contribution < -0.4 is 0 Å². The first-order valence-electron chi connectivity index (χ1n) is 27.2. The molecule has 0 aliphatic carbocycles. The van der Waals surface area contributed by atoms with Gasteiger partial charge in [0.05, 0.1) is 0 Å². The summed E-state index contributed by atoms with van der Waals surface area (Å²) in [6.45, 7) is 11.4. The third-order valence-corrected chi connectivity index (χ3v) is 12.5. The van der Waals surface area contributed by atoms with Crippen LogP contribution in [0.3, 0.4) is 0 Å². The van der Waals surface area contributed by atoms with Gasteiger partial charge in [0.1, 0.15) is 13.2 Å². The summed E-state index contributed by atoms with van der Waals surface area (Å²) in [5, 5.41) is 0. The number of carbonyl (C=O) groups is 3. The minimum Gasteiger partial charge on any atom is -0.462 e. The lowest BCUT2D eigenvalue weighted by Gasteiger charge is -2.18. The molecule has 0 bridgehead atoms. The van der Waals surface area contributed by atoms with Crippen molar-refractivity contribution >= 4 is 17.9 Å². The van der Waals surface area contributed by atoms with Crippen molar-refractivity contribution in [2.45, 2.75) is 310 Å². The predicted molar refractivity (Wildman–Crippen MR) is 261 cm³/mol. The zero-order valence-electron chi connectivity index (χ0n) is 41.8. The summed E-state index contributed by atoms with van der Waals surface area (Å²) in [6, 6.07) is 0. The van der Waals surface area contributed by atoms with E-state index < -0.39 is 6.10 Å².